The molecule has 1 saturated heterocycles. The van der Waals surface area contributed by atoms with Gasteiger partial charge in [0.15, 0.2) is 0 Å². The molecule has 11 heteroatoms. The number of nitrogens with zero attached hydrogens (tertiary/aromatic N) is 2. The molecule has 2 aromatic heterocycles. The highest BCUT2D eigenvalue weighted by atomic mass is 35.5. The second-order valence-electron chi connectivity index (χ2n) is 8.68. The van der Waals surface area contributed by atoms with Gasteiger partial charge in [-0.05, 0) is 30.7 Å². The number of hydrogen-bond acceptors (Lipinski definition) is 6. The number of anilines is 2. The number of benzene rings is 1. The molecule has 2 aliphatic heterocycles. The maximum atomic E-state index is 12.9. The maximum absolute atomic E-state index is 12.9. The van der Waals surface area contributed by atoms with Crippen LogP contribution in [0.3, 0.4) is 0 Å². The summed E-state index contributed by atoms with van der Waals surface area (Å²) in [7, 11) is 0. The summed E-state index contributed by atoms with van der Waals surface area (Å²) in [6.07, 6.45) is 2.53. The van der Waals surface area contributed by atoms with E-state index in [4.69, 9.17) is 21.1 Å². The van der Waals surface area contributed by atoms with Crippen LogP contribution in [0.4, 0.5) is 16.2 Å². The number of carbonyl (C=O) groups excluding carboxylic acids is 1. The number of rotatable bonds is 6. The van der Waals surface area contributed by atoms with Gasteiger partial charge in [0.05, 0.1) is 36.3 Å². The SMILES string of the molecule is Cc1c(Cl)cccc1Nc1c(-c2ccncc2OC[C@@H]2CN(C(=O)O)CCO2)[nH]c2c1C(=O)NCC2. The molecule has 188 valence electrons. The number of carboxylic acid groups (broad SMARTS) is 1. The van der Waals surface area contributed by atoms with Gasteiger partial charge >= 0.3 is 6.09 Å². The minimum Gasteiger partial charge on any atom is -0.488 e. The van der Waals surface area contributed by atoms with Crippen molar-refractivity contribution in [1.82, 2.24) is 20.2 Å². The number of halogens is 1. The highest BCUT2D eigenvalue weighted by Crippen LogP contribution is 2.41. The van der Waals surface area contributed by atoms with Crippen LogP contribution >= 0.6 is 11.6 Å². The van der Waals surface area contributed by atoms with Crippen LogP contribution < -0.4 is 15.4 Å². The van der Waals surface area contributed by atoms with Gasteiger partial charge in [0, 0.05) is 47.7 Å². The number of carbonyl (C=O) groups is 2. The lowest BCUT2D eigenvalue weighted by molar-refractivity contribution is -0.0411. The first kappa shape index (κ1) is 24.0. The van der Waals surface area contributed by atoms with Gasteiger partial charge < -0.3 is 35.1 Å². The zero-order valence-corrected chi connectivity index (χ0v) is 20.4. The molecule has 10 nitrogen and oxygen atoms in total. The van der Waals surface area contributed by atoms with Gasteiger partial charge in [0.25, 0.3) is 5.91 Å². The predicted octanol–water partition coefficient (Wildman–Crippen LogP) is 3.83. The summed E-state index contributed by atoms with van der Waals surface area (Å²) in [5.74, 6) is 0.320. The van der Waals surface area contributed by atoms with E-state index < -0.39 is 12.2 Å². The summed E-state index contributed by atoms with van der Waals surface area (Å²) in [6, 6.07) is 7.38. The minimum atomic E-state index is -0.979. The Morgan fingerprint density at radius 2 is 2.25 bits per heavy atom. The van der Waals surface area contributed by atoms with Crippen molar-refractivity contribution in [2.45, 2.75) is 19.4 Å². The lowest BCUT2D eigenvalue weighted by Gasteiger charge is -2.30. The molecule has 2 amide bonds. The fraction of sp³-hybridized carbons (Fsp3) is 0.320. The molecular weight excluding hydrogens is 486 g/mol. The topological polar surface area (TPSA) is 129 Å². The number of aromatic nitrogens is 2. The number of aromatic amines is 1. The summed E-state index contributed by atoms with van der Waals surface area (Å²) >= 11 is 6.35. The van der Waals surface area contributed by atoms with Gasteiger partial charge in [-0.15, -0.1) is 0 Å². The van der Waals surface area contributed by atoms with E-state index in [1.54, 1.807) is 12.4 Å². The van der Waals surface area contributed by atoms with Gasteiger partial charge in [-0.1, -0.05) is 17.7 Å². The fourth-order valence-electron chi connectivity index (χ4n) is 4.46. The largest absolute Gasteiger partial charge is 0.488 e. The molecule has 36 heavy (non-hydrogen) atoms. The number of morpholine rings is 1. The second kappa shape index (κ2) is 10.1. The molecule has 1 fully saturated rings. The summed E-state index contributed by atoms with van der Waals surface area (Å²) in [5.41, 5.74) is 5.03. The normalized spacial score (nSPS) is 17.3. The average molecular weight is 512 g/mol. The molecule has 0 aliphatic carbocycles. The zero-order valence-electron chi connectivity index (χ0n) is 19.6. The van der Waals surface area contributed by atoms with Gasteiger partial charge in [0.1, 0.15) is 18.5 Å². The van der Waals surface area contributed by atoms with Crippen molar-refractivity contribution in [3.05, 3.63) is 58.5 Å². The smallest absolute Gasteiger partial charge is 0.407 e. The van der Waals surface area contributed by atoms with E-state index in [1.807, 2.05) is 31.2 Å². The van der Waals surface area contributed by atoms with Crippen molar-refractivity contribution in [1.29, 1.82) is 0 Å². The monoisotopic (exact) mass is 511 g/mol. The van der Waals surface area contributed by atoms with E-state index in [2.05, 4.69) is 20.6 Å². The number of H-pyrrole nitrogens is 1. The summed E-state index contributed by atoms with van der Waals surface area (Å²) < 4.78 is 11.8. The van der Waals surface area contributed by atoms with Crippen LogP contribution in [0.15, 0.2) is 36.7 Å². The van der Waals surface area contributed by atoms with Crippen molar-refractivity contribution in [3.8, 4) is 17.0 Å². The predicted molar refractivity (Wildman–Crippen MR) is 134 cm³/mol. The maximum Gasteiger partial charge on any atom is 0.407 e. The molecule has 1 atom stereocenters. The molecule has 0 saturated carbocycles. The van der Waals surface area contributed by atoms with Crippen molar-refractivity contribution in [2.24, 2.45) is 0 Å². The molecular formula is C25H26ClN5O5. The Morgan fingerprint density at radius 1 is 1.39 bits per heavy atom. The fourth-order valence-corrected chi connectivity index (χ4v) is 4.64. The summed E-state index contributed by atoms with van der Waals surface area (Å²) in [4.78, 5) is 33.2. The zero-order chi connectivity index (χ0) is 25.2. The van der Waals surface area contributed by atoms with Crippen LogP contribution in [0.1, 0.15) is 21.6 Å². The lowest BCUT2D eigenvalue weighted by atomic mass is 10.0. The highest BCUT2D eigenvalue weighted by molar-refractivity contribution is 6.31. The molecule has 4 heterocycles. The Bertz CT molecular complexity index is 1310. The van der Waals surface area contributed by atoms with Gasteiger partial charge in [-0.2, -0.15) is 0 Å². The number of nitrogens with one attached hydrogen (secondary N) is 3. The average Bonchev–Trinajstić information content (AvgIpc) is 3.25. The quantitative estimate of drug-likeness (QED) is 0.396. The van der Waals surface area contributed by atoms with E-state index in [-0.39, 0.29) is 19.1 Å². The van der Waals surface area contributed by atoms with Gasteiger partial charge in [0.2, 0.25) is 0 Å². The molecule has 5 rings (SSSR count). The van der Waals surface area contributed by atoms with E-state index >= 15 is 0 Å². The van der Waals surface area contributed by atoms with E-state index in [0.717, 1.165) is 16.9 Å². The third kappa shape index (κ3) is 4.69. The molecule has 1 aromatic carbocycles. The van der Waals surface area contributed by atoms with Gasteiger partial charge in [-0.3, -0.25) is 9.78 Å². The number of fused-ring (bicyclic) bond motifs is 1. The first-order valence-corrected chi connectivity index (χ1v) is 12.0. The number of pyridine rings is 1. The second-order valence-corrected chi connectivity index (χ2v) is 9.08. The van der Waals surface area contributed by atoms with Crippen LogP contribution in [0.25, 0.3) is 11.3 Å². The molecule has 4 N–H and O–H groups in total. The van der Waals surface area contributed by atoms with Crippen molar-refractivity contribution in [3.63, 3.8) is 0 Å². The van der Waals surface area contributed by atoms with Crippen LogP contribution in [0.5, 0.6) is 5.75 Å². The van der Waals surface area contributed by atoms with E-state index in [0.29, 0.717) is 59.4 Å². The number of ether oxygens (including phenoxy) is 2. The molecule has 0 spiro atoms. The van der Waals surface area contributed by atoms with Crippen LogP contribution in [0, 0.1) is 6.92 Å². The third-order valence-electron chi connectivity index (χ3n) is 6.38. The molecule has 0 radical (unpaired) electrons. The first-order valence-electron chi connectivity index (χ1n) is 11.6. The number of amides is 2. The highest BCUT2D eigenvalue weighted by Gasteiger charge is 2.29. The van der Waals surface area contributed by atoms with Crippen molar-refractivity contribution < 1.29 is 24.2 Å². The Hall–Kier alpha value is -3.76. The van der Waals surface area contributed by atoms with E-state index in [1.165, 1.54) is 4.90 Å². The minimum absolute atomic E-state index is 0.152. The van der Waals surface area contributed by atoms with Gasteiger partial charge in [-0.25, -0.2) is 4.79 Å². The molecule has 3 aromatic rings. The molecule has 0 unspecified atom stereocenters. The van der Waals surface area contributed by atoms with E-state index in [9.17, 15) is 14.7 Å². The van der Waals surface area contributed by atoms with Crippen molar-refractivity contribution in [2.75, 3.05) is 38.2 Å². The summed E-state index contributed by atoms with van der Waals surface area (Å²) in [6.45, 7) is 3.47. The lowest BCUT2D eigenvalue weighted by Crippen LogP contribution is -2.47. The Labute approximate surface area is 212 Å². The third-order valence-corrected chi connectivity index (χ3v) is 6.79. The van der Waals surface area contributed by atoms with Crippen molar-refractivity contribution >= 4 is 35.0 Å². The Balaban J connectivity index is 1.49. The van der Waals surface area contributed by atoms with Crippen LogP contribution in [-0.2, 0) is 11.2 Å². The van der Waals surface area contributed by atoms with Crippen LogP contribution in [0.2, 0.25) is 5.02 Å². The first-order chi connectivity index (χ1) is 17.4. The van der Waals surface area contributed by atoms with Crippen LogP contribution in [-0.4, -0.2) is 70.9 Å². The standard InChI is InChI=1S/C25H26ClN5O5/c1-14-17(26)3-2-4-18(14)29-23-21-19(6-8-28-24(21)32)30-22(23)16-5-7-27-11-20(16)36-13-15-12-31(25(33)34)9-10-35-15/h2-5,7,11,15,29-30H,6,8-10,12-13H2,1H3,(H,28,32)(H,33,34)/t15-/m0/s1. The molecule has 0 bridgehead atoms. The molecule has 2 aliphatic rings. The number of hydrogen-bond donors (Lipinski definition) is 4. The summed E-state index contributed by atoms with van der Waals surface area (Å²) in [5, 5.41) is 16.2. The Morgan fingerprint density at radius 3 is 3.08 bits per heavy atom. The Kier molecular flexibility index (Phi) is 6.71.